The van der Waals surface area contributed by atoms with Crippen molar-refractivity contribution < 1.29 is 0 Å². The summed E-state index contributed by atoms with van der Waals surface area (Å²) in [6.07, 6.45) is 0. The standard InChI is InChI=1S/C63H40N4S/c1-6-19-41(20-7-1)48-35-33-45(39-53(48)42-21-8-2-9-22-42)46-34-36-49(54(40-46)63-65-61(43-23-10-3-11-24-43)64-62(66-63)44-25-12-4-13-26-44)51-30-18-32-56-58(51)59-57(68-56)38-37-52-50-29-16-17-31-55(50)67(60(52)59)47-27-14-5-15-28-47/h1-40H. The Morgan fingerprint density at radius 1 is 0.294 bits per heavy atom. The molecule has 0 N–H and O–H groups in total. The number of para-hydroxylation sites is 2. The number of hydrogen-bond acceptors (Lipinski definition) is 4. The Morgan fingerprint density at radius 3 is 1.46 bits per heavy atom. The van der Waals surface area contributed by atoms with Crippen molar-refractivity contribution in [3.63, 3.8) is 0 Å². The van der Waals surface area contributed by atoms with E-state index in [4.69, 9.17) is 15.0 Å². The predicted octanol–water partition coefficient (Wildman–Crippen LogP) is 17.0. The largest absolute Gasteiger partial charge is 0.309 e. The van der Waals surface area contributed by atoms with Gasteiger partial charge in [0.1, 0.15) is 0 Å². The topological polar surface area (TPSA) is 43.6 Å². The Bertz CT molecular complexity index is 3940. The maximum atomic E-state index is 5.38. The molecule has 0 saturated heterocycles. The Morgan fingerprint density at radius 2 is 0.809 bits per heavy atom. The first-order valence-corrected chi connectivity index (χ1v) is 23.7. The van der Waals surface area contributed by atoms with Crippen molar-refractivity contribution >= 4 is 53.3 Å². The van der Waals surface area contributed by atoms with Crippen LogP contribution in [-0.2, 0) is 0 Å². The molecule has 0 radical (unpaired) electrons. The van der Waals surface area contributed by atoms with E-state index in [1.54, 1.807) is 0 Å². The second-order valence-corrected chi connectivity index (χ2v) is 18.2. The van der Waals surface area contributed by atoms with Crippen molar-refractivity contribution in [3.05, 3.63) is 243 Å². The Labute approximate surface area is 397 Å². The third-order valence-electron chi connectivity index (χ3n) is 13.1. The van der Waals surface area contributed by atoms with Gasteiger partial charge < -0.3 is 4.57 Å². The van der Waals surface area contributed by atoms with E-state index in [0.29, 0.717) is 17.5 Å². The summed E-state index contributed by atoms with van der Waals surface area (Å²) in [7, 11) is 0. The second-order valence-electron chi connectivity index (χ2n) is 17.1. The van der Waals surface area contributed by atoms with Crippen LogP contribution in [-0.4, -0.2) is 19.5 Å². The molecule has 68 heavy (non-hydrogen) atoms. The maximum absolute atomic E-state index is 5.38. The first-order chi connectivity index (χ1) is 33.7. The van der Waals surface area contributed by atoms with Gasteiger partial charge in [-0.3, -0.25) is 0 Å². The summed E-state index contributed by atoms with van der Waals surface area (Å²) < 4.78 is 4.91. The molecule has 0 atom stereocenters. The third kappa shape index (κ3) is 6.79. The predicted molar refractivity (Wildman–Crippen MR) is 285 cm³/mol. The van der Waals surface area contributed by atoms with Crippen molar-refractivity contribution in [2.24, 2.45) is 0 Å². The van der Waals surface area contributed by atoms with E-state index in [2.05, 4.69) is 211 Å². The van der Waals surface area contributed by atoms with Crippen molar-refractivity contribution in [3.8, 4) is 84.4 Å². The van der Waals surface area contributed by atoms with Gasteiger partial charge in [-0.05, 0) is 87.0 Å². The Hall–Kier alpha value is -8.77. The van der Waals surface area contributed by atoms with Crippen molar-refractivity contribution in [2.75, 3.05) is 0 Å². The fraction of sp³-hybridized carbons (Fsp3) is 0. The van der Waals surface area contributed by atoms with Crippen molar-refractivity contribution in [1.82, 2.24) is 19.5 Å². The molecule has 0 aliphatic rings. The van der Waals surface area contributed by atoms with Crippen LogP contribution in [0.2, 0.25) is 0 Å². The van der Waals surface area contributed by atoms with Gasteiger partial charge in [0, 0.05) is 53.3 Å². The SMILES string of the molecule is c1ccc(-c2nc(-c3ccccc3)nc(-c3cc(-c4ccc(-c5ccccc5)c(-c5ccccc5)c4)ccc3-c3cccc4sc5ccc6c7ccccc7n(-c7ccccc7)c6c5c34)n2)cc1. The average molecular weight is 885 g/mol. The van der Waals surface area contributed by atoms with E-state index in [1.807, 2.05) is 47.7 Å². The van der Waals surface area contributed by atoms with Gasteiger partial charge in [0.05, 0.1) is 11.0 Å². The fourth-order valence-corrected chi connectivity index (χ4v) is 11.1. The number of nitrogens with zero attached hydrogens (tertiary/aromatic N) is 4. The maximum Gasteiger partial charge on any atom is 0.164 e. The van der Waals surface area contributed by atoms with Gasteiger partial charge in [-0.15, -0.1) is 11.3 Å². The molecule has 0 amide bonds. The van der Waals surface area contributed by atoms with Gasteiger partial charge in [0.15, 0.2) is 17.5 Å². The number of aromatic nitrogens is 4. The molecular weight excluding hydrogens is 845 g/mol. The molecule has 3 heterocycles. The van der Waals surface area contributed by atoms with E-state index in [1.165, 1.54) is 58.7 Å². The van der Waals surface area contributed by atoms with Gasteiger partial charge in [0.2, 0.25) is 0 Å². The Balaban J connectivity index is 1.11. The fourth-order valence-electron chi connectivity index (χ4n) is 9.95. The van der Waals surface area contributed by atoms with Crippen molar-refractivity contribution in [1.29, 1.82) is 0 Å². The van der Waals surface area contributed by atoms with Crippen LogP contribution in [0.4, 0.5) is 0 Å². The van der Waals surface area contributed by atoms with Crippen LogP contribution in [0.15, 0.2) is 243 Å². The quantitative estimate of drug-likeness (QED) is 0.153. The molecule has 0 bridgehead atoms. The molecule has 0 aliphatic carbocycles. The number of benzene rings is 10. The summed E-state index contributed by atoms with van der Waals surface area (Å²) in [5.41, 5.74) is 15.3. The van der Waals surface area contributed by atoms with Gasteiger partial charge in [0.25, 0.3) is 0 Å². The molecule has 0 spiro atoms. The normalized spacial score (nSPS) is 11.5. The highest BCUT2D eigenvalue weighted by Gasteiger charge is 2.23. The molecule has 0 unspecified atom stereocenters. The first-order valence-electron chi connectivity index (χ1n) is 22.9. The van der Waals surface area contributed by atoms with E-state index in [9.17, 15) is 0 Å². The minimum absolute atomic E-state index is 0.610. The molecule has 0 aliphatic heterocycles. The highest BCUT2D eigenvalue weighted by molar-refractivity contribution is 7.26. The smallest absolute Gasteiger partial charge is 0.164 e. The van der Waals surface area contributed by atoms with Crippen LogP contribution < -0.4 is 0 Å². The second kappa shape index (κ2) is 16.6. The van der Waals surface area contributed by atoms with E-state index < -0.39 is 0 Å². The molecule has 10 aromatic carbocycles. The highest BCUT2D eigenvalue weighted by atomic mass is 32.1. The van der Waals surface area contributed by atoms with E-state index in [0.717, 1.165) is 50.2 Å². The minimum Gasteiger partial charge on any atom is -0.309 e. The van der Waals surface area contributed by atoms with Crippen LogP contribution in [0.1, 0.15) is 0 Å². The minimum atomic E-state index is 0.610. The van der Waals surface area contributed by atoms with Crippen LogP contribution in [0, 0.1) is 0 Å². The third-order valence-corrected chi connectivity index (χ3v) is 14.2. The summed E-state index contributed by atoms with van der Waals surface area (Å²) in [6.45, 7) is 0. The lowest BCUT2D eigenvalue weighted by atomic mass is 9.89. The van der Waals surface area contributed by atoms with Crippen LogP contribution in [0.5, 0.6) is 0 Å². The van der Waals surface area contributed by atoms with Crippen LogP contribution in [0.3, 0.4) is 0 Å². The summed E-state index contributed by atoms with van der Waals surface area (Å²) in [5, 5.41) is 4.91. The molecule has 13 aromatic rings. The lowest BCUT2D eigenvalue weighted by Gasteiger charge is -2.17. The number of rotatable bonds is 8. The molecule has 5 heteroatoms. The summed E-state index contributed by atoms with van der Waals surface area (Å²) in [6, 6.07) is 86.4. The van der Waals surface area contributed by atoms with Gasteiger partial charge in [-0.1, -0.05) is 200 Å². The molecule has 0 saturated carbocycles. The number of fused-ring (bicyclic) bond motifs is 7. The van der Waals surface area contributed by atoms with E-state index in [-0.39, 0.29) is 0 Å². The lowest BCUT2D eigenvalue weighted by molar-refractivity contribution is 1.07. The highest BCUT2D eigenvalue weighted by Crippen LogP contribution is 2.48. The molecule has 13 rings (SSSR count). The lowest BCUT2D eigenvalue weighted by Crippen LogP contribution is -2.01. The molecule has 3 aromatic heterocycles. The average Bonchev–Trinajstić information content (AvgIpc) is 3.98. The molecule has 0 fully saturated rings. The summed E-state index contributed by atoms with van der Waals surface area (Å²) in [4.78, 5) is 15.9. The van der Waals surface area contributed by atoms with Gasteiger partial charge in [-0.2, -0.15) is 0 Å². The van der Waals surface area contributed by atoms with Gasteiger partial charge in [-0.25, -0.2) is 15.0 Å². The Kier molecular flexibility index (Phi) is 9.66. The molecule has 318 valence electrons. The zero-order chi connectivity index (χ0) is 45.0. The van der Waals surface area contributed by atoms with Crippen molar-refractivity contribution in [2.45, 2.75) is 0 Å². The first kappa shape index (κ1) is 39.6. The van der Waals surface area contributed by atoms with Crippen LogP contribution in [0.25, 0.3) is 126 Å². The number of hydrogen-bond donors (Lipinski definition) is 0. The summed E-state index contributed by atoms with van der Waals surface area (Å²) >= 11 is 1.84. The molecular formula is C63H40N4S. The summed E-state index contributed by atoms with van der Waals surface area (Å²) in [5.74, 6) is 1.86. The van der Waals surface area contributed by atoms with Gasteiger partial charge >= 0.3 is 0 Å². The van der Waals surface area contributed by atoms with E-state index >= 15 is 0 Å². The number of thiophene rings is 1. The zero-order valence-corrected chi connectivity index (χ0v) is 37.6. The zero-order valence-electron chi connectivity index (χ0n) is 36.8. The van der Waals surface area contributed by atoms with Crippen LogP contribution >= 0.6 is 11.3 Å². The molecule has 4 nitrogen and oxygen atoms in total. The monoisotopic (exact) mass is 884 g/mol.